The molecule has 0 aliphatic heterocycles. The Balaban J connectivity index is 1.81. The van der Waals surface area contributed by atoms with E-state index in [1.165, 1.54) is 24.6 Å². The van der Waals surface area contributed by atoms with E-state index in [2.05, 4.69) is 13.7 Å². The number of aromatic nitrogens is 3. The lowest BCUT2D eigenvalue weighted by atomic mass is 10.2. The van der Waals surface area contributed by atoms with Crippen molar-refractivity contribution in [3.8, 4) is 17.1 Å². The van der Waals surface area contributed by atoms with Crippen molar-refractivity contribution < 1.29 is 4.74 Å². The minimum Gasteiger partial charge on any atom is -0.475 e. The van der Waals surface area contributed by atoms with Crippen molar-refractivity contribution in [2.24, 2.45) is 5.92 Å². The Labute approximate surface area is 97.6 Å². The monoisotopic (exact) mass is 233 g/mol. The van der Waals surface area contributed by atoms with E-state index < -0.39 is 0 Å². The Hall–Kier alpha value is -1.49. The molecular weight excluding hydrogens is 222 g/mol. The summed E-state index contributed by atoms with van der Waals surface area (Å²) in [6.07, 6.45) is 6.08. The van der Waals surface area contributed by atoms with Gasteiger partial charge in [0.2, 0.25) is 0 Å². The second-order valence-electron chi connectivity index (χ2n) is 3.91. The molecular formula is C11H11N3OS. The molecule has 0 saturated heterocycles. The van der Waals surface area contributed by atoms with Crippen LogP contribution in [0.25, 0.3) is 11.3 Å². The van der Waals surface area contributed by atoms with Crippen LogP contribution in [0.3, 0.4) is 0 Å². The molecule has 0 bridgehead atoms. The van der Waals surface area contributed by atoms with Gasteiger partial charge in [0.05, 0.1) is 18.3 Å². The maximum absolute atomic E-state index is 5.66. The summed E-state index contributed by atoms with van der Waals surface area (Å²) in [6.45, 7) is 0.763. The third kappa shape index (κ3) is 2.04. The third-order valence-corrected chi connectivity index (χ3v) is 3.06. The number of ether oxygens (including phenoxy) is 1. The van der Waals surface area contributed by atoms with Crippen molar-refractivity contribution in [2.45, 2.75) is 12.8 Å². The first-order valence-corrected chi connectivity index (χ1v) is 6.02. The minimum absolute atomic E-state index is 0.643. The number of hydrogen-bond donors (Lipinski definition) is 0. The lowest BCUT2D eigenvalue weighted by molar-refractivity contribution is 0.292. The van der Waals surface area contributed by atoms with E-state index in [0.29, 0.717) is 5.88 Å². The molecule has 0 aromatic carbocycles. The smallest absolute Gasteiger partial charge is 0.254 e. The minimum atomic E-state index is 0.643. The van der Waals surface area contributed by atoms with Crippen molar-refractivity contribution >= 4 is 11.7 Å². The van der Waals surface area contributed by atoms with Crippen LogP contribution >= 0.6 is 11.7 Å². The molecule has 1 fully saturated rings. The van der Waals surface area contributed by atoms with Crippen LogP contribution in [-0.4, -0.2) is 20.3 Å². The van der Waals surface area contributed by atoms with Crippen molar-refractivity contribution in [3.05, 3.63) is 24.5 Å². The summed E-state index contributed by atoms with van der Waals surface area (Å²) in [6, 6.07) is 3.85. The summed E-state index contributed by atoms with van der Waals surface area (Å²) in [4.78, 5) is 4.07. The topological polar surface area (TPSA) is 47.9 Å². The van der Waals surface area contributed by atoms with E-state index in [1.54, 1.807) is 12.4 Å². The first-order chi connectivity index (χ1) is 7.93. The summed E-state index contributed by atoms with van der Waals surface area (Å²) in [5.41, 5.74) is 1.76. The number of pyridine rings is 1. The summed E-state index contributed by atoms with van der Waals surface area (Å²) >= 11 is 1.18. The largest absolute Gasteiger partial charge is 0.475 e. The molecule has 0 N–H and O–H groups in total. The Morgan fingerprint density at radius 2 is 2.31 bits per heavy atom. The van der Waals surface area contributed by atoms with E-state index in [4.69, 9.17) is 4.74 Å². The van der Waals surface area contributed by atoms with Gasteiger partial charge in [-0.3, -0.25) is 4.98 Å². The highest BCUT2D eigenvalue weighted by atomic mass is 32.1. The van der Waals surface area contributed by atoms with E-state index in [9.17, 15) is 0 Å². The molecule has 2 heterocycles. The highest BCUT2D eigenvalue weighted by molar-refractivity contribution is 6.99. The predicted molar refractivity (Wildman–Crippen MR) is 61.4 cm³/mol. The number of rotatable bonds is 4. The molecule has 3 rings (SSSR count). The van der Waals surface area contributed by atoms with Gasteiger partial charge in [0.1, 0.15) is 5.69 Å². The number of nitrogens with zero attached hydrogens (tertiary/aromatic N) is 3. The lowest BCUT2D eigenvalue weighted by Crippen LogP contribution is -2.00. The van der Waals surface area contributed by atoms with Crippen LogP contribution in [0.1, 0.15) is 12.8 Å². The first-order valence-electron chi connectivity index (χ1n) is 5.29. The average molecular weight is 233 g/mol. The fourth-order valence-corrected chi connectivity index (χ4v) is 1.95. The van der Waals surface area contributed by atoms with Crippen molar-refractivity contribution in [3.63, 3.8) is 0 Å². The first kappa shape index (κ1) is 9.72. The molecule has 2 aromatic heterocycles. The SMILES string of the molecule is c1cncc(-c2nsnc2OCC2CC2)c1. The molecule has 0 unspecified atom stereocenters. The molecule has 5 heteroatoms. The van der Waals surface area contributed by atoms with Gasteiger partial charge in [-0.1, -0.05) is 0 Å². The summed E-state index contributed by atoms with van der Waals surface area (Å²) in [5.74, 6) is 1.37. The normalized spacial score (nSPS) is 15.0. The maximum atomic E-state index is 5.66. The zero-order valence-corrected chi connectivity index (χ0v) is 9.48. The lowest BCUT2D eigenvalue weighted by Gasteiger charge is -2.02. The van der Waals surface area contributed by atoms with Gasteiger partial charge < -0.3 is 4.74 Å². The quantitative estimate of drug-likeness (QED) is 0.813. The third-order valence-electron chi connectivity index (χ3n) is 2.55. The van der Waals surface area contributed by atoms with Crippen molar-refractivity contribution in [1.82, 2.24) is 13.7 Å². The zero-order chi connectivity index (χ0) is 10.8. The molecule has 0 atom stereocenters. The summed E-state index contributed by atoms with van der Waals surface area (Å²) in [7, 11) is 0. The summed E-state index contributed by atoms with van der Waals surface area (Å²) < 4.78 is 14.1. The molecule has 1 aliphatic carbocycles. The molecule has 0 amide bonds. The van der Waals surface area contributed by atoms with Crippen LogP contribution in [0.4, 0.5) is 0 Å². The van der Waals surface area contributed by atoms with E-state index in [0.717, 1.165) is 23.8 Å². The molecule has 16 heavy (non-hydrogen) atoms. The Morgan fingerprint density at radius 3 is 3.06 bits per heavy atom. The molecule has 82 valence electrons. The van der Waals surface area contributed by atoms with Gasteiger partial charge in [0.15, 0.2) is 0 Å². The zero-order valence-electron chi connectivity index (χ0n) is 8.67. The second kappa shape index (κ2) is 4.17. The standard InChI is InChI=1S/C11H11N3OS/c1-2-9(6-12-5-1)10-11(14-16-13-10)15-7-8-3-4-8/h1-2,5-6,8H,3-4,7H2. The number of hydrogen-bond acceptors (Lipinski definition) is 5. The Kier molecular flexibility index (Phi) is 2.53. The Bertz CT molecular complexity index is 467. The van der Waals surface area contributed by atoms with E-state index >= 15 is 0 Å². The molecule has 2 aromatic rings. The van der Waals surface area contributed by atoms with Gasteiger partial charge in [0.25, 0.3) is 5.88 Å². The van der Waals surface area contributed by atoms with Crippen LogP contribution < -0.4 is 4.74 Å². The molecule has 1 saturated carbocycles. The van der Waals surface area contributed by atoms with Crippen LogP contribution in [0.5, 0.6) is 5.88 Å². The van der Waals surface area contributed by atoms with Crippen LogP contribution in [0.15, 0.2) is 24.5 Å². The maximum Gasteiger partial charge on any atom is 0.254 e. The highest BCUT2D eigenvalue weighted by Gasteiger charge is 2.23. The van der Waals surface area contributed by atoms with Gasteiger partial charge in [-0.25, -0.2) is 0 Å². The van der Waals surface area contributed by atoms with Gasteiger partial charge in [-0.15, -0.1) is 4.37 Å². The molecule has 1 aliphatic rings. The van der Waals surface area contributed by atoms with Gasteiger partial charge in [0, 0.05) is 18.0 Å². The Morgan fingerprint density at radius 1 is 1.38 bits per heavy atom. The molecule has 4 nitrogen and oxygen atoms in total. The predicted octanol–water partition coefficient (Wildman–Crippen LogP) is 2.39. The summed E-state index contributed by atoms with van der Waals surface area (Å²) in [5, 5.41) is 0. The fourth-order valence-electron chi connectivity index (χ4n) is 1.44. The highest BCUT2D eigenvalue weighted by Crippen LogP contribution is 2.32. The van der Waals surface area contributed by atoms with Crippen LogP contribution in [0, 0.1) is 5.92 Å². The van der Waals surface area contributed by atoms with Crippen molar-refractivity contribution in [2.75, 3.05) is 6.61 Å². The van der Waals surface area contributed by atoms with Gasteiger partial charge in [-0.05, 0) is 30.9 Å². The van der Waals surface area contributed by atoms with Gasteiger partial charge >= 0.3 is 0 Å². The van der Waals surface area contributed by atoms with E-state index in [-0.39, 0.29) is 0 Å². The van der Waals surface area contributed by atoms with E-state index in [1.807, 2.05) is 12.1 Å². The van der Waals surface area contributed by atoms with Crippen LogP contribution in [-0.2, 0) is 0 Å². The van der Waals surface area contributed by atoms with Crippen molar-refractivity contribution in [1.29, 1.82) is 0 Å². The van der Waals surface area contributed by atoms with Gasteiger partial charge in [-0.2, -0.15) is 4.37 Å². The molecule has 0 radical (unpaired) electrons. The molecule has 0 spiro atoms. The second-order valence-corrected chi connectivity index (χ2v) is 4.44. The average Bonchev–Trinajstić information content (AvgIpc) is 3.05. The van der Waals surface area contributed by atoms with Crippen LogP contribution in [0.2, 0.25) is 0 Å². The fraction of sp³-hybridized carbons (Fsp3) is 0.364.